The molecular formula is C23H26F3N9. The van der Waals surface area contributed by atoms with Crippen LogP contribution >= 0.6 is 0 Å². The minimum absolute atomic E-state index is 0.107. The molecule has 0 atom stereocenters. The number of anilines is 2. The highest BCUT2D eigenvalue weighted by Gasteiger charge is 2.33. The summed E-state index contributed by atoms with van der Waals surface area (Å²) in [6.07, 6.45) is 1.30. The second kappa shape index (κ2) is 9.87. The molecule has 1 saturated heterocycles. The van der Waals surface area contributed by atoms with Gasteiger partial charge in [-0.15, -0.1) is 0 Å². The van der Waals surface area contributed by atoms with E-state index in [1.54, 1.807) is 6.07 Å². The molecule has 3 aromatic heterocycles. The summed E-state index contributed by atoms with van der Waals surface area (Å²) in [4.78, 5) is 20.5. The Kier molecular flexibility index (Phi) is 6.88. The van der Waals surface area contributed by atoms with Gasteiger partial charge in [0, 0.05) is 50.1 Å². The van der Waals surface area contributed by atoms with Gasteiger partial charge >= 0.3 is 6.18 Å². The monoisotopic (exact) mass is 485 g/mol. The first-order valence-corrected chi connectivity index (χ1v) is 11.2. The predicted molar refractivity (Wildman–Crippen MR) is 124 cm³/mol. The third kappa shape index (κ3) is 5.35. The van der Waals surface area contributed by atoms with Gasteiger partial charge in [-0.1, -0.05) is 0 Å². The zero-order chi connectivity index (χ0) is 25.2. The van der Waals surface area contributed by atoms with Crippen LogP contribution in [0.25, 0.3) is 11.3 Å². The van der Waals surface area contributed by atoms with Crippen LogP contribution in [0.3, 0.4) is 0 Å². The van der Waals surface area contributed by atoms with Gasteiger partial charge in [-0.05, 0) is 39.1 Å². The second-order valence-electron chi connectivity index (χ2n) is 8.74. The molecule has 0 unspecified atom stereocenters. The molecular weight excluding hydrogens is 459 g/mol. The van der Waals surface area contributed by atoms with E-state index in [9.17, 15) is 18.4 Å². The van der Waals surface area contributed by atoms with E-state index in [0.717, 1.165) is 37.5 Å². The highest BCUT2D eigenvalue weighted by atomic mass is 19.4. The van der Waals surface area contributed by atoms with Gasteiger partial charge in [-0.3, -0.25) is 4.98 Å². The van der Waals surface area contributed by atoms with Gasteiger partial charge in [-0.2, -0.15) is 18.4 Å². The number of nitriles is 1. The van der Waals surface area contributed by atoms with Crippen LogP contribution in [0.1, 0.15) is 35.8 Å². The molecule has 0 saturated carbocycles. The minimum Gasteiger partial charge on any atom is -0.382 e. The number of rotatable bonds is 6. The number of aromatic nitrogens is 5. The Balaban J connectivity index is 1.59. The number of nitrogen functional groups attached to an aromatic ring is 1. The number of piperidine rings is 1. The molecule has 12 heteroatoms. The average molecular weight is 486 g/mol. The number of hydrogen-bond acceptors (Lipinski definition) is 8. The lowest BCUT2D eigenvalue weighted by Crippen LogP contribution is -2.35. The smallest absolute Gasteiger partial charge is 0.382 e. The molecule has 4 heterocycles. The first-order chi connectivity index (χ1) is 16.7. The zero-order valence-electron chi connectivity index (χ0n) is 19.5. The molecule has 1 aliphatic rings. The highest BCUT2D eigenvalue weighted by molar-refractivity contribution is 5.63. The Morgan fingerprint density at radius 2 is 1.94 bits per heavy atom. The SMILES string of the molecule is CN(C)CCn1cc(-c2ccnc(C(F)(F)F)c2)nc1C1CCN(c2ncnc(N)c2C#N)CC1. The zero-order valence-corrected chi connectivity index (χ0v) is 19.5. The average Bonchev–Trinajstić information content (AvgIpc) is 3.26. The summed E-state index contributed by atoms with van der Waals surface area (Å²) in [5.41, 5.74) is 6.03. The van der Waals surface area contributed by atoms with Crippen molar-refractivity contribution in [3.8, 4) is 17.3 Å². The molecule has 0 spiro atoms. The summed E-state index contributed by atoms with van der Waals surface area (Å²) in [6, 6.07) is 4.66. The summed E-state index contributed by atoms with van der Waals surface area (Å²) in [5, 5.41) is 9.45. The van der Waals surface area contributed by atoms with Crippen LogP contribution in [0.15, 0.2) is 30.9 Å². The summed E-state index contributed by atoms with van der Waals surface area (Å²) in [5.74, 6) is 1.62. The van der Waals surface area contributed by atoms with Crippen LogP contribution in [0.4, 0.5) is 24.8 Å². The van der Waals surface area contributed by atoms with Crippen LogP contribution in [0.5, 0.6) is 0 Å². The van der Waals surface area contributed by atoms with E-state index in [1.165, 1.54) is 6.33 Å². The molecule has 184 valence electrons. The largest absolute Gasteiger partial charge is 0.433 e. The number of hydrogen-bond donors (Lipinski definition) is 1. The standard InChI is InChI=1S/C23H26F3N9/c1-33(2)9-10-35-13-18(16-3-6-29-19(11-16)23(24,25)26)32-21(35)15-4-7-34(8-5-15)22-17(12-27)20(28)30-14-31-22/h3,6,11,13-15H,4-5,7-10H2,1-2H3,(H2,28,30,31). The number of pyridine rings is 1. The van der Waals surface area contributed by atoms with Crippen LogP contribution in [-0.4, -0.2) is 63.1 Å². The van der Waals surface area contributed by atoms with Gasteiger partial charge in [0.1, 0.15) is 35.3 Å². The minimum atomic E-state index is -4.52. The predicted octanol–water partition coefficient (Wildman–Crippen LogP) is 3.15. The van der Waals surface area contributed by atoms with E-state index in [2.05, 4.69) is 21.0 Å². The Morgan fingerprint density at radius 1 is 1.20 bits per heavy atom. The van der Waals surface area contributed by atoms with E-state index < -0.39 is 11.9 Å². The van der Waals surface area contributed by atoms with Crippen molar-refractivity contribution >= 4 is 11.6 Å². The van der Waals surface area contributed by atoms with Gasteiger partial charge in [0.2, 0.25) is 0 Å². The molecule has 0 bridgehead atoms. The Morgan fingerprint density at radius 3 is 2.60 bits per heavy atom. The molecule has 0 radical (unpaired) electrons. The van der Waals surface area contributed by atoms with Gasteiger partial charge in [0.15, 0.2) is 5.82 Å². The lowest BCUT2D eigenvalue weighted by atomic mass is 9.95. The Bertz CT molecular complexity index is 1220. The van der Waals surface area contributed by atoms with Crippen molar-refractivity contribution in [2.45, 2.75) is 31.5 Å². The fraction of sp³-hybridized carbons (Fsp3) is 0.435. The van der Waals surface area contributed by atoms with Crippen molar-refractivity contribution in [1.29, 1.82) is 5.26 Å². The van der Waals surface area contributed by atoms with Gasteiger partial charge in [-0.25, -0.2) is 15.0 Å². The maximum Gasteiger partial charge on any atom is 0.433 e. The lowest BCUT2D eigenvalue weighted by Gasteiger charge is -2.33. The first kappa shape index (κ1) is 24.4. The topological polar surface area (TPSA) is 113 Å². The molecule has 0 aromatic carbocycles. The number of halogens is 3. The van der Waals surface area contributed by atoms with Crippen LogP contribution < -0.4 is 10.6 Å². The van der Waals surface area contributed by atoms with Gasteiger partial charge < -0.3 is 20.1 Å². The summed E-state index contributed by atoms with van der Waals surface area (Å²) >= 11 is 0. The molecule has 2 N–H and O–H groups in total. The molecule has 4 rings (SSSR count). The van der Waals surface area contributed by atoms with Crippen molar-refractivity contribution < 1.29 is 13.2 Å². The Labute approximate surface area is 201 Å². The lowest BCUT2D eigenvalue weighted by molar-refractivity contribution is -0.141. The summed E-state index contributed by atoms with van der Waals surface area (Å²) in [7, 11) is 3.93. The van der Waals surface area contributed by atoms with E-state index in [0.29, 0.717) is 36.7 Å². The van der Waals surface area contributed by atoms with Crippen molar-refractivity contribution in [3.63, 3.8) is 0 Å². The molecule has 1 fully saturated rings. The van der Waals surface area contributed by atoms with E-state index in [4.69, 9.17) is 10.7 Å². The third-order valence-electron chi connectivity index (χ3n) is 6.07. The maximum atomic E-state index is 13.2. The molecule has 0 amide bonds. The van der Waals surface area contributed by atoms with Crippen LogP contribution in [0.2, 0.25) is 0 Å². The van der Waals surface area contributed by atoms with E-state index in [1.807, 2.05) is 34.7 Å². The van der Waals surface area contributed by atoms with E-state index >= 15 is 0 Å². The fourth-order valence-corrected chi connectivity index (χ4v) is 4.21. The number of alkyl halides is 3. The van der Waals surface area contributed by atoms with Crippen molar-refractivity contribution in [1.82, 2.24) is 29.4 Å². The molecule has 1 aliphatic heterocycles. The fourth-order valence-electron chi connectivity index (χ4n) is 4.21. The molecule has 0 aliphatic carbocycles. The van der Waals surface area contributed by atoms with E-state index in [-0.39, 0.29) is 17.3 Å². The van der Waals surface area contributed by atoms with Gasteiger partial charge in [0.25, 0.3) is 0 Å². The van der Waals surface area contributed by atoms with Crippen LogP contribution in [-0.2, 0) is 12.7 Å². The maximum absolute atomic E-state index is 13.2. The first-order valence-electron chi connectivity index (χ1n) is 11.2. The number of imidazole rings is 1. The third-order valence-corrected chi connectivity index (χ3v) is 6.07. The molecule has 35 heavy (non-hydrogen) atoms. The van der Waals surface area contributed by atoms with Crippen molar-refractivity contribution in [2.75, 3.05) is 44.4 Å². The van der Waals surface area contributed by atoms with Crippen molar-refractivity contribution in [2.24, 2.45) is 0 Å². The number of likely N-dealkylation sites (N-methyl/N-ethyl adjacent to an activating group) is 1. The Hall–Kier alpha value is -3.72. The summed E-state index contributed by atoms with van der Waals surface area (Å²) in [6.45, 7) is 2.70. The van der Waals surface area contributed by atoms with Gasteiger partial charge in [0.05, 0.1) is 5.69 Å². The number of nitrogens with zero attached hydrogens (tertiary/aromatic N) is 8. The molecule has 9 nitrogen and oxygen atoms in total. The molecule has 3 aromatic rings. The van der Waals surface area contributed by atoms with Crippen molar-refractivity contribution in [3.05, 3.63) is 47.9 Å². The normalized spacial score (nSPS) is 14.9. The van der Waals surface area contributed by atoms with Crippen LogP contribution in [0, 0.1) is 11.3 Å². The highest BCUT2D eigenvalue weighted by Crippen LogP contribution is 2.34. The summed E-state index contributed by atoms with van der Waals surface area (Å²) < 4.78 is 41.6. The number of nitrogens with two attached hydrogens (primary N) is 1. The second-order valence-corrected chi connectivity index (χ2v) is 8.74. The quantitative estimate of drug-likeness (QED) is 0.567.